The molecule has 3 nitrogen and oxygen atoms in total. The Morgan fingerprint density at radius 3 is 2.85 bits per heavy atom. The van der Waals surface area contributed by atoms with Gasteiger partial charge in [0.2, 0.25) is 0 Å². The van der Waals surface area contributed by atoms with Crippen molar-refractivity contribution in [3.63, 3.8) is 0 Å². The first-order chi connectivity index (χ1) is 6.36. The molecule has 0 amide bonds. The number of ether oxygens (including phenoxy) is 2. The first kappa shape index (κ1) is 11.2. The maximum absolute atomic E-state index is 5.44. The Bertz CT molecular complexity index is 124. The highest BCUT2D eigenvalue weighted by molar-refractivity contribution is 6.51. The van der Waals surface area contributed by atoms with E-state index in [1.807, 2.05) is 7.11 Å². The molecule has 0 bridgehead atoms. The Morgan fingerprint density at radius 1 is 1.54 bits per heavy atom. The lowest BCUT2D eigenvalue weighted by molar-refractivity contribution is 0.116. The van der Waals surface area contributed by atoms with Crippen molar-refractivity contribution in [3.8, 4) is 0 Å². The molecular formula is C9H20O3Si. The molecule has 1 aliphatic heterocycles. The molecule has 2 atom stereocenters. The molecule has 0 aromatic rings. The summed E-state index contributed by atoms with van der Waals surface area (Å²) in [5.41, 5.74) is 0. The van der Waals surface area contributed by atoms with Crippen molar-refractivity contribution in [1.82, 2.24) is 0 Å². The van der Waals surface area contributed by atoms with Crippen molar-refractivity contribution in [2.45, 2.75) is 31.5 Å². The van der Waals surface area contributed by atoms with Gasteiger partial charge in [0.25, 0.3) is 0 Å². The summed E-state index contributed by atoms with van der Waals surface area (Å²) in [7, 11) is 0.978. The van der Waals surface area contributed by atoms with Crippen LogP contribution in [-0.2, 0) is 13.9 Å². The fraction of sp³-hybridized carbons (Fsp3) is 1.00. The normalized spacial score (nSPS) is 23.1. The van der Waals surface area contributed by atoms with E-state index in [2.05, 4.69) is 6.92 Å². The molecule has 1 rings (SSSR count). The first-order valence-electron chi connectivity index (χ1n) is 5.09. The van der Waals surface area contributed by atoms with Crippen LogP contribution in [0.5, 0.6) is 0 Å². The van der Waals surface area contributed by atoms with E-state index in [1.54, 1.807) is 0 Å². The fourth-order valence-corrected chi connectivity index (χ4v) is 2.88. The molecule has 1 fully saturated rings. The maximum atomic E-state index is 5.44. The smallest absolute Gasteiger partial charge is 0.176 e. The van der Waals surface area contributed by atoms with Gasteiger partial charge in [-0.15, -0.1) is 0 Å². The second kappa shape index (κ2) is 6.54. The fourth-order valence-electron chi connectivity index (χ4n) is 1.28. The van der Waals surface area contributed by atoms with E-state index >= 15 is 0 Å². The predicted molar refractivity (Wildman–Crippen MR) is 54.6 cm³/mol. The van der Waals surface area contributed by atoms with E-state index in [9.17, 15) is 0 Å². The molecular weight excluding hydrogens is 184 g/mol. The standard InChI is InChI=1S/C9H20O3Si/c1-3-13(10-2)6-4-5-11-7-9-8-12-9/h9,13H,3-8H2,1-2H3. The molecule has 1 saturated heterocycles. The molecule has 0 aromatic carbocycles. The van der Waals surface area contributed by atoms with Crippen LogP contribution in [0.25, 0.3) is 0 Å². The van der Waals surface area contributed by atoms with Gasteiger partial charge in [-0.3, -0.25) is 0 Å². The van der Waals surface area contributed by atoms with Gasteiger partial charge in [0.1, 0.15) is 6.10 Å². The molecule has 0 saturated carbocycles. The van der Waals surface area contributed by atoms with Crippen LogP contribution >= 0.6 is 0 Å². The van der Waals surface area contributed by atoms with Crippen molar-refractivity contribution in [1.29, 1.82) is 0 Å². The minimum atomic E-state index is -0.855. The van der Waals surface area contributed by atoms with Crippen LogP contribution in [0.3, 0.4) is 0 Å². The highest BCUT2D eigenvalue weighted by Crippen LogP contribution is 2.09. The van der Waals surface area contributed by atoms with Gasteiger partial charge in [-0.05, 0) is 18.5 Å². The summed E-state index contributed by atoms with van der Waals surface area (Å²) in [5.74, 6) is 0. The van der Waals surface area contributed by atoms with Crippen LogP contribution in [0.2, 0.25) is 12.1 Å². The summed E-state index contributed by atoms with van der Waals surface area (Å²) < 4.78 is 15.9. The molecule has 4 heteroatoms. The number of epoxide rings is 1. The van der Waals surface area contributed by atoms with Crippen LogP contribution in [-0.4, -0.2) is 42.1 Å². The van der Waals surface area contributed by atoms with E-state index < -0.39 is 9.04 Å². The minimum absolute atomic E-state index is 0.404. The molecule has 0 aliphatic carbocycles. The zero-order valence-corrected chi connectivity index (χ0v) is 9.78. The van der Waals surface area contributed by atoms with E-state index in [0.717, 1.165) is 26.2 Å². The molecule has 1 aliphatic rings. The van der Waals surface area contributed by atoms with Gasteiger partial charge >= 0.3 is 0 Å². The first-order valence-corrected chi connectivity index (χ1v) is 7.19. The molecule has 1 heterocycles. The number of rotatable bonds is 8. The van der Waals surface area contributed by atoms with E-state index in [0.29, 0.717) is 6.10 Å². The Kier molecular flexibility index (Phi) is 5.62. The summed E-state index contributed by atoms with van der Waals surface area (Å²) in [4.78, 5) is 0. The lowest BCUT2D eigenvalue weighted by Gasteiger charge is -2.10. The maximum Gasteiger partial charge on any atom is 0.176 e. The molecule has 78 valence electrons. The van der Waals surface area contributed by atoms with Crippen molar-refractivity contribution in [2.24, 2.45) is 0 Å². The van der Waals surface area contributed by atoms with Crippen LogP contribution in [0.15, 0.2) is 0 Å². The zero-order chi connectivity index (χ0) is 9.52. The zero-order valence-electron chi connectivity index (χ0n) is 8.62. The third-order valence-electron chi connectivity index (χ3n) is 2.31. The average Bonchev–Trinajstić information content (AvgIpc) is 2.95. The van der Waals surface area contributed by atoms with Crippen molar-refractivity contribution >= 4 is 9.04 Å². The van der Waals surface area contributed by atoms with Gasteiger partial charge in [0, 0.05) is 13.7 Å². The molecule has 13 heavy (non-hydrogen) atoms. The topological polar surface area (TPSA) is 31.0 Å². The summed E-state index contributed by atoms with van der Waals surface area (Å²) in [5, 5.41) is 0. The lowest BCUT2D eigenvalue weighted by Crippen LogP contribution is -2.15. The van der Waals surface area contributed by atoms with Crippen molar-refractivity contribution < 1.29 is 13.9 Å². The molecule has 0 radical (unpaired) electrons. The second-order valence-electron chi connectivity index (χ2n) is 3.44. The Balaban J connectivity index is 1.81. The van der Waals surface area contributed by atoms with Crippen LogP contribution in [0.4, 0.5) is 0 Å². The Labute approximate surface area is 82.1 Å². The highest BCUT2D eigenvalue weighted by atomic mass is 28.3. The summed E-state index contributed by atoms with van der Waals surface area (Å²) >= 11 is 0. The SMILES string of the molecule is CC[SiH](CCCOCC1CO1)OC. The third kappa shape index (κ3) is 5.41. The second-order valence-corrected chi connectivity index (χ2v) is 6.55. The summed E-state index contributed by atoms with van der Waals surface area (Å²) in [6.07, 6.45) is 1.55. The van der Waals surface area contributed by atoms with Crippen molar-refractivity contribution in [3.05, 3.63) is 0 Å². The average molecular weight is 204 g/mol. The molecule has 0 spiro atoms. The molecule has 2 unspecified atom stereocenters. The van der Waals surface area contributed by atoms with Crippen LogP contribution in [0, 0.1) is 0 Å². The Hall–Kier alpha value is 0.0969. The van der Waals surface area contributed by atoms with E-state index in [4.69, 9.17) is 13.9 Å². The van der Waals surface area contributed by atoms with E-state index in [-0.39, 0.29) is 0 Å². The van der Waals surface area contributed by atoms with Crippen LogP contribution < -0.4 is 0 Å². The van der Waals surface area contributed by atoms with Crippen LogP contribution in [0.1, 0.15) is 13.3 Å². The van der Waals surface area contributed by atoms with E-state index in [1.165, 1.54) is 12.1 Å². The van der Waals surface area contributed by atoms with Gasteiger partial charge in [0.15, 0.2) is 9.04 Å². The largest absolute Gasteiger partial charge is 0.423 e. The monoisotopic (exact) mass is 204 g/mol. The van der Waals surface area contributed by atoms with Gasteiger partial charge in [-0.1, -0.05) is 6.92 Å². The lowest BCUT2D eigenvalue weighted by atomic mass is 10.5. The quantitative estimate of drug-likeness (QED) is 0.338. The number of hydrogen-bond acceptors (Lipinski definition) is 3. The predicted octanol–water partition coefficient (Wildman–Crippen LogP) is 1.18. The third-order valence-corrected chi connectivity index (χ3v) is 4.94. The van der Waals surface area contributed by atoms with Gasteiger partial charge in [-0.2, -0.15) is 0 Å². The van der Waals surface area contributed by atoms with Gasteiger partial charge in [-0.25, -0.2) is 0 Å². The van der Waals surface area contributed by atoms with Crippen molar-refractivity contribution in [2.75, 3.05) is 26.9 Å². The summed E-state index contributed by atoms with van der Waals surface area (Å²) in [6, 6.07) is 2.46. The minimum Gasteiger partial charge on any atom is -0.423 e. The highest BCUT2D eigenvalue weighted by Gasteiger charge is 2.22. The summed E-state index contributed by atoms with van der Waals surface area (Å²) in [6.45, 7) is 4.75. The number of hydrogen-bond donors (Lipinski definition) is 0. The van der Waals surface area contributed by atoms with Gasteiger partial charge in [0.05, 0.1) is 13.2 Å². The Morgan fingerprint density at radius 2 is 2.31 bits per heavy atom. The molecule has 0 N–H and O–H groups in total. The van der Waals surface area contributed by atoms with Gasteiger partial charge < -0.3 is 13.9 Å². The molecule has 0 aromatic heterocycles.